The van der Waals surface area contributed by atoms with Crippen LogP contribution in [0.5, 0.6) is 5.75 Å². The Kier molecular flexibility index (Phi) is 5.37. The average molecular weight is 436 g/mol. The van der Waals surface area contributed by atoms with Gasteiger partial charge in [0.1, 0.15) is 11.3 Å². The molecule has 1 saturated carbocycles. The van der Waals surface area contributed by atoms with E-state index in [4.69, 9.17) is 9.47 Å². The molecule has 2 heterocycles. The molecule has 0 saturated heterocycles. The van der Waals surface area contributed by atoms with Crippen LogP contribution in [0.2, 0.25) is 0 Å². The van der Waals surface area contributed by atoms with Crippen molar-refractivity contribution in [2.24, 2.45) is 7.05 Å². The number of nitrogens with zero attached hydrogens (tertiary/aromatic N) is 3. The van der Waals surface area contributed by atoms with E-state index in [2.05, 4.69) is 29.4 Å². The summed E-state index contributed by atoms with van der Waals surface area (Å²) in [4.78, 5) is 12.7. The highest BCUT2D eigenvalue weighted by atomic mass is 16.5. The average Bonchev–Trinajstić information content (AvgIpc) is 3.39. The van der Waals surface area contributed by atoms with Gasteiger partial charge >= 0.3 is 5.97 Å². The molecule has 2 aromatic carbocycles. The second kappa shape index (κ2) is 8.20. The number of esters is 1. The maximum atomic E-state index is 12.7. The van der Waals surface area contributed by atoms with Crippen molar-refractivity contribution < 1.29 is 19.4 Å². The van der Waals surface area contributed by atoms with Crippen LogP contribution in [0.1, 0.15) is 71.4 Å². The fourth-order valence-corrected chi connectivity index (χ4v) is 5.01. The summed E-state index contributed by atoms with van der Waals surface area (Å²) in [6, 6.07) is 6.36. The molecule has 32 heavy (non-hydrogen) atoms. The van der Waals surface area contributed by atoms with Crippen LogP contribution in [-0.4, -0.2) is 39.3 Å². The van der Waals surface area contributed by atoms with Gasteiger partial charge in [0, 0.05) is 24.9 Å². The van der Waals surface area contributed by atoms with Crippen molar-refractivity contribution in [2.45, 2.75) is 58.0 Å². The number of aryl methyl sites for hydroxylation is 2. The molecular formula is C25H29N3O4. The number of aliphatic hydroxyl groups excluding tert-OH is 1. The number of hydrogen-bond acceptors (Lipinski definition) is 6. The Morgan fingerprint density at radius 1 is 1.34 bits per heavy atom. The summed E-state index contributed by atoms with van der Waals surface area (Å²) in [7, 11) is 1.93. The molecule has 2 aliphatic rings. The topological polar surface area (TPSA) is 86.5 Å². The van der Waals surface area contributed by atoms with Crippen molar-refractivity contribution in [2.75, 3.05) is 13.2 Å². The standard InChI is InChI=1S/C25H29N3O4/c1-4-31-22(30)12-20(17-9-16-7-8-32-25(16)18(10-17)13-29)19-11-21(15-5-6-15)24-23(14(19)2)26-27-28(24)3/h9-11,15,20,29H,4-8,12-13H2,1-3H3. The van der Waals surface area contributed by atoms with E-state index < -0.39 is 0 Å². The second-order valence-corrected chi connectivity index (χ2v) is 8.85. The fraction of sp³-hybridized carbons (Fsp3) is 0.480. The van der Waals surface area contributed by atoms with Crippen LogP contribution >= 0.6 is 0 Å². The Morgan fingerprint density at radius 3 is 2.88 bits per heavy atom. The highest BCUT2D eigenvalue weighted by Gasteiger charge is 2.32. The summed E-state index contributed by atoms with van der Waals surface area (Å²) in [6.45, 7) is 4.75. The first kappa shape index (κ1) is 20.9. The minimum atomic E-state index is -0.230. The quantitative estimate of drug-likeness (QED) is 0.570. The van der Waals surface area contributed by atoms with Crippen LogP contribution in [0.15, 0.2) is 18.2 Å². The van der Waals surface area contributed by atoms with Crippen LogP contribution in [0.3, 0.4) is 0 Å². The van der Waals surface area contributed by atoms with E-state index in [1.165, 1.54) is 5.56 Å². The molecule has 1 fully saturated rings. The van der Waals surface area contributed by atoms with Crippen molar-refractivity contribution in [3.05, 3.63) is 51.6 Å². The molecule has 1 aromatic heterocycles. The third kappa shape index (κ3) is 3.54. The number of ether oxygens (including phenoxy) is 2. The van der Waals surface area contributed by atoms with Crippen LogP contribution in [-0.2, 0) is 29.6 Å². The molecule has 0 radical (unpaired) electrons. The summed E-state index contributed by atoms with van der Waals surface area (Å²) in [5.41, 5.74) is 8.21. The van der Waals surface area contributed by atoms with Gasteiger partial charge in [-0.3, -0.25) is 4.79 Å². The monoisotopic (exact) mass is 435 g/mol. The van der Waals surface area contributed by atoms with Crippen molar-refractivity contribution >= 4 is 17.0 Å². The van der Waals surface area contributed by atoms with Gasteiger partial charge in [-0.25, -0.2) is 4.68 Å². The Hall–Kier alpha value is -2.93. The fourth-order valence-electron chi connectivity index (χ4n) is 5.01. The molecule has 168 valence electrons. The molecule has 1 aliphatic heterocycles. The third-order valence-electron chi connectivity index (χ3n) is 6.72. The number of hydrogen-bond donors (Lipinski definition) is 1. The summed E-state index contributed by atoms with van der Waals surface area (Å²) in [5.74, 6) is 0.866. The Labute approximate surface area is 187 Å². The zero-order valence-corrected chi connectivity index (χ0v) is 18.9. The van der Waals surface area contributed by atoms with E-state index >= 15 is 0 Å². The number of carbonyl (C=O) groups is 1. The van der Waals surface area contributed by atoms with E-state index in [0.717, 1.165) is 63.9 Å². The maximum absolute atomic E-state index is 12.7. The molecule has 7 nitrogen and oxygen atoms in total. The van der Waals surface area contributed by atoms with Crippen molar-refractivity contribution in [1.29, 1.82) is 0 Å². The maximum Gasteiger partial charge on any atom is 0.306 e. The van der Waals surface area contributed by atoms with Gasteiger partial charge < -0.3 is 14.6 Å². The predicted octanol–water partition coefficient (Wildman–Crippen LogP) is 3.67. The lowest BCUT2D eigenvalue weighted by molar-refractivity contribution is -0.143. The molecule has 5 rings (SSSR count). The van der Waals surface area contributed by atoms with E-state index in [9.17, 15) is 9.90 Å². The van der Waals surface area contributed by atoms with Gasteiger partial charge in [-0.05, 0) is 66.5 Å². The van der Waals surface area contributed by atoms with E-state index in [1.807, 2.05) is 24.7 Å². The Morgan fingerprint density at radius 2 is 2.16 bits per heavy atom. The third-order valence-corrected chi connectivity index (χ3v) is 6.72. The number of aliphatic hydroxyl groups is 1. The molecular weight excluding hydrogens is 406 g/mol. The lowest BCUT2D eigenvalue weighted by atomic mass is 9.82. The second-order valence-electron chi connectivity index (χ2n) is 8.85. The van der Waals surface area contributed by atoms with Crippen molar-refractivity contribution in [3.63, 3.8) is 0 Å². The predicted molar refractivity (Wildman–Crippen MR) is 120 cm³/mol. The zero-order chi connectivity index (χ0) is 22.4. The number of rotatable bonds is 7. The SMILES string of the molecule is CCOC(=O)CC(c1cc(CO)c2c(c1)CCO2)c1cc(C2CC2)c2c(nnn2C)c1C. The van der Waals surface area contributed by atoms with Crippen molar-refractivity contribution in [1.82, 2.24) is 15.0 Å². The number of carbonyl (C=O) groups excluding carboxylic acids is 1. The molecule has 1 atom stereocenters. The molecule has 0 bridgehead atoms. The smallest absolute Gasteiger partial charge is 0.306 e. The largest absolute Gasteiger partial charge is 0.493 e. The molecule has 1 unspecified atom stereocenters. The van der Waals surface area contributed by atoms with Gasteiger partial charge in [-0.15, -0.1) is 5.10 Å². The Bertz CT molecular complexity index is 1200. The number of benzene rings is 2. The first-order valence-electron chi connectivity index (χ1n) is 11.4. The number of fused-ring (bicyclic) bond motifs is 2. The van der Waals surface area contributed by atoms with Crippen LogP contribution < -0.4 is 4.74 Å². The normalized spacial score (nSPS) is 16.1. The zero-order valence-electron chi connectivity index (χ0n) is 18.9. The molecule has 7 heteroatoms. The van der Waals surface area contributed by atoms with Gasteiger partial charge in [0.25, 0.3) is 0 Å². The van der Waals surface area contributed by atoms with Gasteiger partial charge in [-0.2, -0.15) is 0 Å². The van der Waals surface area contributed by atoms with Crippen LogP contribution in [0.25, 0.3) is 11.0 Å². The Balaban J connectivity index is 1.69. The lowest BCUT2D eigenvalue weighted by Crippen LogP contribution is -2.14. The lowest BCUT2D eigenvalue weighted by Gasteiger charge is -2.22. The first-order chi connectivity index (χ1) is 15.5. The highest BCUT2D eigenvalue weighted by Crippen LogP contribution is 2.46. The molecule has 1 aliphatic carbocycles. The minimum absolute atomic E-state index is 0.0994. The van der Waals surface area contributed by atoms with E-state index in [0.29, 0.717) is 19.1 Å². The van der Waals surface area contributed by atoms with Gasteiger partial charge in [0.05, 0.1) is 31.8 Å². The first-order valence-corrected chi connectivity index (χ1v) is 11.4. The summed E-state index contributed by atoms with van der Waals surface area (Å²) in [5, 5.41) is 18.7. The van der Waals surface area contributed by atoms with E-state index in [-0.39, 0.29) is 24.9 Å². The van der Waals surface area contributed by atoms with Gasteiger partial charge in [0.2, 0.25) is 0 Å². The van der Waals surface area contributed by atoms with Gasteiger partial charge in [-0.1, -0.05) is 17.3 Å². The van der Waals surface area contributed by atoms with Crippen molar-refractivity contribution in [3.8, 4) is 5.75 Å². The molecule has 0 spiro atoms. The molecule has 3 aromatic rings. The van der Waals surface area contributed by atoms with Crippen LogP contribution in [0.4, 0.5) is 0 Å². The number of aromatic nitrogens is 3. The minimum Gasteiger partial charge on any atom is -0.493 e. The summed E-state index contributed by atoms with van der Waals surface area (Å²) < 4.78 is 12.9. The van der Waals surface area contributed by atoms with E-state index in [1.54, 1.807) is 0 Å². The molecule has 1 N–H and O–H groups in total. The summed E-state index contributed by atoms with van der Waals surface area (Å²) in [6.07, 6.45) is 3.36. The highest BCUT2D eigenvalue weighted by molar-refractivity contribution is 5.84. The summed E-state index contributed by atoms with van der Waals surface area (Å²) >= 11 is 0. The molecule has 0 amide bonds. The van der Waals surface area contributed by atoms with Gasteiger partial charge in [0.15, 0.2) is 0 Å². The van der Waals surface area contributed by atoms with Crippen LogP contribution in [0, 0.1) is 6.92 Å².